The highest BCUT2D eigenvalue weighted by molar-refractivity contribution is 9.10. The summed E-state index contributed by atoms with van der Waals surface area (Å²) in [5, 5.41) is 0. The number of benzene rings is 1. The van der Waals surface area contributed by atoms with E-state index in [1.54, 1.807) is 6.07 Å². The van der Waals surface area contributed by atoms with Gasteiger partial charge in [0.05, 0.1) is 0 Å². The Bertz CT molecular complexity index is 381. The molecule has 0 fully saturated rings. The second-order valence-electron chi connectivity index (χ2n) is 3.54. The van der Waals surface area contributed by atoms with Crippen LogP contribution in [0.25, 0.3) is 0 Å². The quantitative estimate of drug-likeness (QED) is 0.507. The molecule has 0 aliphatic heterocycles. The van der Waals surface area contributed by atoms with Crippen LogP contribution in [-0.2, 0) is 0 Å². The minimum absolute atomic E-state index is 0.125. The van der Waals surface area contributed by atoms with Gasteiger partial charge in [0, 0.05) is 22.5 Å². The smallest absolute Gasteiger partial charge is 0.271 e. The summed E-state index contributed by atoms with van der Waals surface area (Å²) in [6, 6.07) is 3.29. The maximum Gasteiger partial charge on any atom is 0.389 e. The molecule has 1 aromatic carbocycles. The first-order chi connectivity index (χ1) is 7.83. The third-order valence-corrected chi connectivity index (χ3v) is 2.75. The lowest BCUT2D eigenvalue weighted by molar-refractivity contribution is -0.136. The van der Waals surface area contributed by atoms with E-state index in [9.17, 15) is 17.6 Å². The lowest BCUT2D eigenvalue weighted by Gasteiger charge is -2.18. The molecule has 7 heteroatoms. The Morgan fingerprint density at radius 1 is 1.35 bits per heavy atom. The molecule has 0 saturated heterocycles. The second-order valence-corrected chi connectivity index (χ2v) is 4.45. The fraction of sp³-hybridized carbons (Fsp3) is 0.400. The zero-order chi connectivity index (χ0) is 13.1. The Balaban J connectivity index is 2.79. The van der Waals surface area contributed by atoms with Crippen LogP contribution < -0.4 is 11.3 Å². The number of rotatable bonds is 4. The predicted molar refractivity (Wildman–Crippen MR) is 59.5 cm³/mol. The van der Waals surface area contributed by atoms with Gasteiger partial charge in [-0.3, -0.25) is 11.3 Å². The van der Waals surface area contributed by atoms with Crippen molar-refractivity contribution in [3.63, 3.8) is 0 Å². The fourth-order valence-corrected chi connectivity index (χ4v) is 1.75. The van der Waals surface area contributed by atoms with E-state index in [2.05, 4.69) is 21.4 Å². The van der Waals surface area contributed by atoms with Gasteiger partial charge in [-0.15, -0.1) is 0 Å². The van der Waals surface area contributed by atoms with E-state index < -0.39 is 24.5 Å². The van der Waals surface area contributed by atoms with Gasteiger partial charge in [-0.1, -0.05) is 22.0 Å². The van der Waals surface area contributed by atoms with Gasteiger partial charge in [-0.2, -0.15) is 13.2 Å². The van der Waals surface area contributed by atoms with Crippen molar-refractivity contribution in [2.75, 3.05) is 0 Å². The molecular weight excluding hydrogens is 304 g/mol. The fourth-order valence-electron chi connectivity index (χ4n) is 1.42. The zero-order valence-electron chi connectivity index (χ0n) is 8.69. The van der Waals surface area contributed by atoms with Crippen LogP contribution in [0.2, 0.25) is 0 Å². The molecule has 0 heterocycles. The lowest BCUT2D eigenvalue weighted by atomic mass is 10.0. The summed E-state index contributed by atoms with van der Waals surface area (Å²) in [5.74, 6) is 4.55. The summed E-state index contributed by atoms with van der Waals surface area (Å²) >= 11 is 3.07. The van der Waals surface area contributed by atoms with Crippen LogP contribution in [0.3, 0.4) is 0 Å². The highest BCUT2D eigenvalue weighted by Gasteiger charge is 2.29. The van der Waals surface area contributed by atoms with E-state index in [0.717, 1.165) is 0 Å². The molecule has 1 unspecified atom stereocenters. The van der Waals surface area contributed by atoms with Crippen molar-refractivity contribution in [1.82, 2.24) is 5.43 Å². The number of nitrogens with two attached hydrogens (primary N) is 1. The molecule has 17 heavy (non-hydrogen) atoms. The summed E-state index contributed by atoms with van der Waals surface area (Å²) in [6.45, 7) is 0. The third kappa shape index (κ3) is 4.61. The largest absolute Gasteiger partial charge is 0.389 e. The molecule has 1 aromatic rings. The molecule has 96 valence electrons. The second kappa shape index (κ2) is 5.79. The van der Waals surface area contributed by atoms with Crippen molar-refractivity contribution in [2.24, 2.45) is 5.84 Å². The van der Waals surface area contributed by atoms with Crippen LogP contribution in [0.4, 0.5) is 17.6 Å². The first kappa shape index (κ1) is 14.4. The number of halogens is 5. The number of hydrogen-bond donors (Lipinski definition) is 2. The molecule has 3 N–H and O–H groups in total. The first-order valence-corrected chi connectivity index (χ1v) is 5.60. The van der Waals surface area contributed by atoms with Gasteiger partial charge in [0.15, 0.2) is 0 Å². The number of alkyl halides is 3. The Morgan fingerprint density at radius 2 is 2.00 bits per heavy atom. The molecule has 0 aliphatic carbocycles. The molecule has 0 bridgehead atoms. The number of hydrogen-bond acceptors (Lipinski definition) is 2. The minimum atomic E-state index is -4.28. The van der Waals surface area contributed by atoms with E-state index in [-0.39, 0.29) is 12.0 Å². The number of hydrazine groups is 1. The van der Waals surface area contributed by atoms with Crippen LogP contribution in [0.15, 0.2) is 22.7 Å². The van der Waals surface area contributed by atoms with Crippen molar-refractivity contribution < 1.29 is 17.6 Å². The molecule has 0 aromatic heterocycles. The molecule has 0 aliphatic rings. The van der Waals surface area contributed by atoms with Crippen molar-refractivity contribution >= 4 is 15.9 Å². The van der Waals surface area contributed by atoms with Crippen molar-refractivity contribution in [3.8, 4) is 0 Å². The topological polar surface area (TPSA) is 38.0 Å². The van der Waals surface area contributed by atoms with E-state index in [4.69, 9.17) is 5.84 Å². The van der Waals surface area contributed by atoms with Gasteiger partial charge in [0.1, 0.15) is 5.82 Å². The minimum Gasteiger partial charge on any atom is -0.271 e. The Kier molecular flexibility index (Phi) is 4.91. The standard InChI is InChI=1S/C10H11BrF4N2/c11-6-1-2-7(8(12)5-6)9(17-16)3-4-10(13,14)15/h1-2,5,9,17H,3-4,16H2. The van der Waals surface area contributed by atoms with E-state index in [0.29, 0.717) is 4.47 Å². The maximum absolute atomic E-state index is 13.5. The van der Waals surface area contributed by atoms with Gasteiger partial charge >= 0.3 is 6.18 Å². The monoisotopic (exact) mass is 314 g/mol. The van der Waals surface area contributed by atoms with Gasteiger partial charge in [-0.25, -0.2) is 4.39 Å². The Morgan fingerprint density at radius 3 is 2.47 bits per heavy atom. The highest BCUT2D eigenvalue weighted by atomic mass is 79.9. The molecule has 0 amide bonds. The molecule has 0 radical (unpaired) electrons. The van der Waals surface area contributed by atoms with Gasteiger partial charge < -0.3 is 0 Å². The van der Waals surface area contributed by atoms with Gasteiger partial charge in [0.2, 0.25) is 0 Å². The highest BCUT2D eigenvalue weighted by Crippen LogP contribution is 2.29. The van der Waals surface area contributed by atoms with Crippen LogP contribution in [0.5, 0.6) is 0 Å². The average Bonchev–Trinajstić information content (AvgIpc) is 2.19. The molecular formula is C10H11BrF4N2. The maximum atomic E-state index is 13.5. The Labute approximate surface area is 104 Å². The summed E-state index contributed by atoms with van der Waals surface area (Å²) in [5.41, 5.74) is 2.32. The van der Waals surface area contributed by atoms with Crippen LogP contribution >= 0.6 is 15.9 Å². The summed E-state index contributed by atoms with van der Waals surface area (Å²) in [4.78, 5) is 0. The van der Waals surface area contributed by atoms with Gasteiger partial charge in [-0.05, 0) is 18.6 Å². The van der Waals surface area contributed by atoms with Crippen molar-refractivity contribution in [1.29, 1.82) is 0 Å². The average molecular weight is 315 g/mol. The predicted octanol–water partition coefficient (Wildman–Crippen LogP) is 3.44. The zero-order valence-corrected chi connectivity index (χ0v) is 10.3. The Hall–Kier alpha value is -0.660. The third-order valence-electron chi connectivity index (χ3n) is 2.26. The SMILES string of the molecule is NNC(CCC(F)(F)F)c1ccc(Br)cc1F. The van der Waals surface area contributed by atoms with Crippen LogP contribution in [-0.4, -0.2) is 6.18 Å². The van der Waals surface area contributed by atoms with E-state index in [1.165, 1.54) is 12.1 Å². The van der Waals surface area contributed by atoms with Crippen molar-refractivity contribution in [2.45, 2.75) is 25.1 Å². The summed E-state index contributed by atoms with van der Waals surface area (Å²) < 4.78 is 50.2. The summed E-state index contributed by atoms with van der Waals surface area (Å²) in [7, 11) is 0. The number of nitrogens with one attached hydrogen (secondary N) is 1. The summed E-state index contributed by atoms with van der Waals surface area (Å²) in [6.07, 6.45) is -5.60. The van der Waals surface area contributed by atoms with Gasteiger partial charge in [0.25, 0.3) is 0 Å². The van der Waals surface area contributed by atoms with Crippen molar-refractivity contribution in [3.05, 3.63) is 34.1 Å². The molecule has 0 spiro atoms. The molecule has 0 saturated carbocycles. The van der Waals surface area contributed by atoms with Crippen LogP contribution in [0, 0.1) is 5.82 Å². The van der Waals surface area contributed by atoms with E-state index in [1.807, 2.05) is 0 Å². The molecule has 2 nitrogen and oxygen atoms in total. The van der Waals surface area contributed by atoms with Crippen LogP contribution in [0.1, 0.15) is 24.4 Å². The normalized spacial score (nSPS) is 13.8. The molecule has 1 atom stereocenters. The van der Waals surface area contributed by atoms with E-state index >= 15 is 0 Å². The first-order valence-electron chi connectivity index (χ1n) is 4.81. The lowest BCUT2D eigenvalue weighted by Crippen LogP contribution is -2.29. The molecule has 1 rings (SSSR count).